The van der Waals surface area contributed by atoms with Crippen LogP contribution in [-0.2, 0) is 4.79 Å². The van der Waals surface area contributed by atoms with Gasteiger partial charge in [0.15, 0.2) is 0 Å². The molecule has 1 heterocycles. The summed E-state index contributed by atoms with van der Waals surface area (Å²) in [4.78, 5) is 26.4. The lowest BCUT2D eigenvalue weighted by molar-refractivity contribution is -0.121. The van der Waals surface area contributed by atoms with Crippen LogP contribution in [0.25, 0.3) is 0 Å². The van der Waals surface area contributed by atoms with Gasteiger partial charge in [-0.2, -0.15) is 0 Å². The molecule has 2 N–H and O–H groups in total. The molecule has 0 spiro atoms. The van der Waals surface area contributed by atoms with Gasteiger partial charge in [-0.05, 0) is 44.9 Å². The molecule has 0 aromatic heterocycles. The second kappa shape index (κ2) is 8.67. The molecule has 1 aromatic rings. The van der Waals surface area contributed by atoms with Gasteiger partial charge in [0.2, 0.25) is 5.91 Å². The van der Waals surface area contributed by atoms with E-state index in [1.54, 1.807) is 6.07 Å². The molecule has 1 aliphatic rings. The topological polar surface area (TPSA) is 61.4 Å². The highest BCUT2D eigenvalue weighted by molar-refractivity contribution is 5.96. The van der Waals surface area contributed by atoms with Gasteiger partial charge < -0.3 is 15.5 Å². The van der Waals surface area contributed by atoms with E-state index in [4.69, 9.17) is 0 Å². The zero-order valence-corrected chi connectivity index (χ0v) is 14.1. The molecule has 126 valence electrons. The fourth-order valence-corrected chi connectivity index (χ4v) is 2.94. The Hall–Kier alpha value is -1.88. The van der Waals surface area contributed by atoms with Crippen LogP contribution in [0.3, 0.4) is 0 Å². The van der Waals surface area contributed by atoms with E-state index >= 15 is 0 Å². The number of hydrogen-bond acceptors (Lipinski definition) is 3. The van der Waals surface area contributed by atoms with E-state index in [-0.39, 0.29) is 24.4 Å². The van der Waals surface area contributed by atoms with E-state index in [0.29, 0.717) is 5.56 Å². The summed E-state index contributed by atoms with van der Waals surface area (Å²) in [7, 11) is 0. The zero-order valence-electron chi connectivity index (χ0n) is 14.1. The maximum Gasteiger partial charge on any atom is 0.251 e. The molecule has 0 atom stereocenters. The molecule has 0 bridgehead atoms. The first-order valence-electron chi connectivity index (χ1n) is 8.45. The Kier molecular flexibility index (Phi) is 6.59. The molecule has 5 nitrogen and oxygen atoms in total. The highest BCUT2D eigenvalue weighted by Gasteiger charge is 2.20. The second-order valence-corrected chi connectivity index (χ2v) is 6.24. The van der Waals surface area contributed by atoms with Gasteiger partial charge in [0.05, 0.1) is 6.54 Å². The number of carbonyl (C=O) groups is 2. The monoisotopic (exact) mass is 317 g/mol. The first kappa shape index (κ1) is 17.5. The average Bonchev–Trinajstić information content (AvgIpc) is 2.55. The van der Waals surface area contributed by atoms with Crippen molar-refractivity contribution in [2.24, 2.45) is 0 Å². The number of likely N-dealkylation sites (tertiary alicyclic amines) is 1. The van der Waals surface area contributed by atoms with Crippen LogP contribution >= 0.6 is 0 Å². The van der Waals surface area contributed by atoms with Crippen LogP contribution < -0.4 is 10.6 Å². The molecule has 1 fully saturated rings. The first-order chi connectivity index (χ1) is 11.1. The zero-order chi connectivity index (χ0) is 16.7. The number of piperidine rings is 1. The summed E-state index contributed by atoms with van der Waals surface area (Å²) in [5.41, 5.74) is 1.62. The maximum absolute atomic E-state index is 12.0. The Morgan fingerprint density at radius 2 is 2.00 bits per heavy atom. The molecule has 2 rings (SSSR count). The van der Waals surface area contributed by atoms with Crippen molar-refractivity contribution in [2.45, 2.75) is 39.2 Å². The van der Waals surface area contributed by atoms with Gasteiger partial charge in [0.25, 0.3) is 5.91 Å². The third kappa shape index (κ3) is 5.67. The highest BCUT2D eigenvalue weighted by atomic mass is 16.2. The molecule has 23 heavy (non-hydrogen) atoms. The van der Waals surface area contributed by atoms with Crippen LogP contribution in [-0.4, -0.2) is 48.9 Å². The van der Waals surface area contributed by atoms with Gasteiger partial charge in [-0.15, -0.1) is 0 Å². The van der Waals surface area contributed by atoms with Crippen molar-refractivity contribution >= 4 is 11.8 Å². The van der Waals surface area contributed by atoms with E-state index in [9.17, 15) is 9.59 Å². The third-order valence-electron chi connectivity index (χ3n) is 4.18. The SMILES string of the molecule is CCCN1CCC(NC(=O)CNC(=O)c2cccc(C)c2)CC1. The molecule has 0 aliphatic carbocycles. The number of hydrogen-bond donors (Lipinski definition) is 2. The summed E-state index contributed by atoms with van der Waals surface area (Å²) < 4.78 is 0. The molecule has 0 saturated carbocycles. The van der Waals surface area contributed by atoms with Gasteiger partial charge in [0.1, 0.15) is 0 Å². The largest absolute Gasteiger partial charge is 0.352 e. The molecule has 1 saturated heterocycles. The van der Waals surface area contributed by atoms with E-state index in [1.165, 1.54) is 6.42 Å². The Labute approximate surface area is 138 Å². The van der Waals surface area contributed by atoms with Crippen molar-refractivity contribution in [2.75, 3.05) is 26.2 Å². The normalized spacial score (nSPS) is 16.1. The Bertz CT molecular complexity index is 537. The second-order valence-electron chi connectivity index (χ2n) is 6.24. The predicted octanol–water partition coefficient (Wildman–Crippen LogP) is 1.72. The van der Waals surface area contributed by atoms with Gasteiger partial charge in [-0.1, -0.05) is 24.6 Å². The molecule has 1 aliphatic heterocycles. The van der Waals surface area contributed by atoms with Crippen molar-refractivity contribution < 1.29 is 9.59 Å². The van der Waals surface area contributed by atoms with Crippen LogP contribution in [0.2, 0.25) is 0 Å². The number of amides is 2. The lowest BCUT2D eigenvalue weighted by Gasteiger charge is -2.32. The number of aryl methyl sites for hydroxylation is 1. The number of nitrogens with one attached hydrogen (secondary N) is 2. The van der Waals surface area contributed by atoms with Crippen molar-refractivity contribution in [3.05, 3.63) is 35.4 Å². The van der Waals surface area contributed by atoms with Crippen molar-refractivity contribution in [1.82, 2.24) is 15.5 Å². The number of rotatable bonds is 6. The van der Waals surface area contributed by atoms with E-state index in [1.807, 2.05) is 25.1 Å². The van der Waals surface area contributed by atoms with Crippen molar-refractivity contribution in [1.29, 1.82) is 0 Å². The minimum atomic E-state index is -0.207. The van der Waals surface area contributed by atoms with E-state index in [2.05, 4.69) is 22.5 Å². The van der Waals surface area contributed by atoms with Gasteiger partial charge in [-0.3, -0.25) is 9.59 Å². The first-order valence-corrected chi connectivity index (χ1v) is 8.45. The fourth-order valence-electron chi connectivity index (χ4n) is 2.94. The van der Waals surface area contributed by atoms with Gasteiger partial charge in [0, 0.05) is 24.7 Å². The van der Waals surface area contributed by atoms with E-state index < -0.39 is 0 Å². The van der Waals surface area contributed by atoms with Crippen LogP contribution in [0.4, 0.5) is 0 Å². The Balaban J connectivity index is 1.70. The summed E-state index contributed by atoms with van der Waals surface area (Å²) in [6.45, 7) is 7.36. The molecule has 0 unspecified atom stereocenters. The molecule has 5 heteroatoms. The average molecular weight is 317 g/mol. The summed E-state index contributed by atoms with van der Waals surface area (Å²) in [6.07, 6.45) is 3.14. The lowest BCUT2D eigenvalue weighted by atomic mass is 10.0. The quantitative estimate of drug-likeness (QED) is 0.840. The number of nitrogens with zero attached hydrogens (tertiary/aromatic N) is 1. The van der Waals surface area contributed by atoms with Gasteiger partial charge >= 0.3 is 0 Å². The number of carbonyl (C=O) groups excluding carboxylic acids is 2. The fraction of sp³-hybridized carbons (Fsp3) is 0.556. The van der Waals surface area contributed by atoms with Gasteiger partial charge in [-0.25, -0.2) is 0 Å². The molecular formula is C18H27N3O2. The van der Waals surface area contributed by atoms with Crippen LogP contribution in [0.1, 0.15) is 42.1 Å². The van der Waals surface area contributed by atoms with Crippen LogP contribution in [0, 0.1) is 6.92 Å². The summed E-state index contributed by atoms with van der Waals surface area (Å²) in [5, 5.41) is 5.70. The van der Waals surface area contributed by atoms with Crippen molar-refractivity contribution in [3.8, 4) is 0 Å². The third-order valence-corrected chi connectivity index (χ3v) is 4.18. The van der Waals surface area contributed by atoms with Crippen LogP contribution in [0.5, 0.6) is 0 Å². The summed E-state index contributed by atoms with van der Waals surface area (Å²) in [6, 6.07) is 7.58. The van der Waals surface area contributed by atoms with Crippen LogP contribution in [0.15, 0.2) is 24.3 Å². The molecule has 1 aromatic carbocycles. The Morgan fingerprint density at radius 1 is 1.26 bits per heavy atom. The maximum atomic E-state index is 12.0. The molecular weight excluding hydrogens is 290 g/mol. The van der Waals surface area contributed by atoms with E-state index in [0.717, 1.165) is 38.0 Å². The molecule has 2 amide bonds. The number of benzene rings is 1. The summed E-state index contributed by atoms with van der Waals surface area (Å²) >= 11 is 0. The van der Waals surface area contributed by atoms with Crippen molar-refractivity contribution in [3.63, 3.8) is 0 Å². The molecule has 0 radical (unpaired) electrons. The predicted molar refractivity (Wildman–Crippen MR) is 91.4 cm³/mol. The highest BCUT2D eigenvalue weighted by Crippen LogP contribution is 2.10. The lowest BCUT2D eigenvalue weighted by Crippen LogP contribution is -2.47. The summed E-state index contributed by atoms with van der Waals surface area (Å²) in [5.74, 6) is -0.318. The Morgan fingerprint density at radius 3 is 2.65 bits per heavy atom. The smallest absolute Gasteiger partial charge is 0.251 e. The minimum Gasteiger partial charge on any atom is -0.352 e. The minimum absolute atomic E-state index is 0.0297. The standard InChI is InChI=1S/C18H27N3O2/c1-3-9-21-10-7-16(8-11-21)20-17(22)13-19-18(23)15-6-4-5-14(2)12-15/h4-6,12,16H,3,7-11,13H2,1-2H3,(H,19,23)(H,20,22).